The zero-order chi connectivity index (χ0) is 32.2. The summed E-state index contributed by atoms with van der Waals surface area (Å²) < 4.78 is 59.5. The van der Waals surface area contributed by atoms with E-state index < -0.39 is 23.3 Å². The summed E-state index contributed by atoms with van der Waals surface area (Å²) in [4.78, 5) is 18.5. The van der Waals surface area contributed by atoms with Gasteiger partial charge in [0, 0.05) is 42.5 Å². The molecule has 2 aromatic carbocycles. The number of rotatable bonds is 4. The molecule has 5 aliphatic rings. The van der Waals surface area contributed by atoms with Crippen molar-refractivity contribution in [1.82, 2.24) is 25.2 Å². The fourth-order valence-electron chi connectivity index (χ4n) is 8.93. The molecule has 7 heterocycles. The van der Waals surface area contributed by atoms with Gasteiger partial charge in [-0.15, -0.1) is 6.42 Å². The van der Waals surface area contributed by atoms with Crippen LogP contribution in [-0.4, -0.2) is 87.1 Å². The van der Waals surface area contributed by atoms with Gasteiger partial charge < -0.3 is 24.8 Å². The van der Waals surface area contributed by atoms with E-state index in [-0.39, 0.29) is 76.2 Å². The highest BCUT2D eigenvalue weighted by molar-refractivity contribution is 6.04. The van der Waals surface area contributed by atoms with Crippen molar-refractivity contribution in [2.75, 3.05) is 31.1 Å². The van der Waals surface area contributed by atoms with Gasteiger partial charge in [0.2, 0.25) is 5.88 Å². The average molecular weight is 643 g/mol. The van der Waals surface area contributed by atoms with Gasteiger partial charge in [0.15, 0.2) is 5.82 Å². The van der Waals surface area contributed by atoms with Gasteiger partial charge in [-0.2, -0.15) is 9.97 Å². The number of aromatic hydroxyl groups is 1. The maximum absolute atomic E-state index is 17.1. The molecule has 4 saturated heterocycles. The van der Waals surface area contributed by atoms with E-state index in [4.69, 9.17) is 25.9 Å². The van der Waals surface area contributed by atoms with Crippen molar-refractivity contribution in [1.29, 1.82) is 0 Å². The highest BCUT2D eigenvalue weighted by Gasteiger charge is 2.50. The van der Waals surface area contributed by atoms with E-state index >= 15 is 4.39 Å². The smallest absolute Gasteiger partial charge is 0.319 e. The third-order valence-corrected chi connectivity index (χ3v) is 10.9. The van der Waals surface area contributed by atoms with E-state index in [1.165, 1.54) is 24.3 Å². The van der Waals surface area contributed by atoms with Gasteiger partial charge in [-0.3, -0.25) is 4.90 Å². The topological polar surface area (TPSA) is 95.9 Å². The third-order valence-electron chi connectivity index (χ3n) is 10.9. The summed E-state index contributed by atoms with van der Waals surface area (Å²) in [6, 6.07) is 5.66. The largest absolute Gasteiger partial charge is 0.508 e. The zero-order valence-electron chi connectivity index (χ0n) is 25.8. The zero-order valence-corrected chi connectivity index (χ0v) is 25.8. The van der Waals surface area contributed by atoms with Crippen LogP contribution in [0.25, 0.3) is 32.9 Å². The van der Waals surface area contributed by atoms with Gasteiger partial charge in [0.1, 0.15) is 52.9 Å². The molecular formula is C35H33F3N6O3. The number of anilines is 1. The summed E-state index contributed by atoms with van der Waals surface area (Å²) in [5.41, 5.74) is -0.702. The standard InChI is InChI=1S/C35H33F3N6O3/c1-3-22-24(37)7-5-18-11-21(45)12-23(26(18)22)29-28(38)30-27-32(42-34(41-30)46-16-35-9-4-10-43(35)14-19(36)13-35)44-15-20-6-8-25(39-20)31(44)17(2)47-33(27)40-29/h1,5,7,11-12,17,19-20,25,31,39,45H,4,6,8-10,13-16H2,2H3/t17-,19+,20+,25-,31+,35-/m0/s1. The average Bonchev–Trinajstić information content (AvgIpc) is 3.69. The van der Waals surface area contributed by atoms with Crippen molar-refractivity contribution in [3.63, 3.8) is 0 Å². The number of aromatic nitrogens is 3. The van der Waals surface area contributed by atoms with Crippen LogP contribution in [0.5, 0.6) is 17.6 Å². The number of pyridine rings is 1. The minimum absolute atomic E-state index is 0.0201. The van der Waals surface area contributed by atoms with Gasteiger partial charge in [0.05, 0.1) is 17.1 Å². The number of halogens is 3. The number of piperazine rings is 1. The summed E-state index contributed by atoms with van der Waals surface area (Å²) in [7, 11) is 0. The summed E-state index contributed by atoms with van der Waals surface area (Å²) in [6.07, 6.45) is 8.51. The van der Waals surface area contributed by atoms with Crippen LogP contribution in [0.3, 0.4) is 0 Å². The van der Waals surface area contributed by atoms with E-state index in [1.54, 1.807) is 0 Å². The van der Waals surface area contributed by atoms with Crippen molar-refractivity contribution in [2.24, 2.45) is 0 Å². The monoisotopic (exact) mass is 642 g/mol. The number of fused-ring (bicyclic) bond motifs is 7. The maximum atomic E-state index is 17.1. The lowest BCUT2D eigenvalue weighted by Crippen LogP contribution is -2.62. The fraction of sp³-hybridized carbons (Fsp3) is 0.457. The second kappa shape index (κ2) is 10.3. The van der Waals surface area contributed by atoms with Gasteiger partial charge in [-0.05, 0) is 62.7 Å². The molecule has 0 amide bonds. The fourth-order valence-corrected chi connectivity index (χ4v) is 8.93. The molecule has 0 spiro atoms. The molecule has 0 saturated carbocycles. The third kappa shape index (κ3) is 4.29. The second-order valence-corrected chi connectivity index (χ2v) is 13.7. The number of phenols is 1. The molecule has 2 bridgehead atoms. The van der Waals surface area contributed by atoms with Gasteiger partial charge in [-0.25, -0.2) is 18.2 Å². The van der Waals surface area contributed by atoms with Crippen molar-refractivity contribution < 1.29 is 27.8 Å². The number of hydrogen-bond acceptors (Lipinski definition) is 9. The Kier molecular flexibility index (Phi) is 6.34. The lowest BCUT2D eigenvalue weighted by Gasteiger charge is -2.42. The minimum Gasteiger partial charge on any atom is -0.508 e. The van der Waals surface area contributed by atoms with E-state index in [9.17, 15) is 13.9 Å². The van der Waals surface area contributed by atoms with Crippen molar-refractivity contribution >= 4 is 27.5 Å². The maximum Gasteiger partial charge on any atom is 0.319 e. The van der Waals surface area contributed by atoms with E-state index in [0.29, 0.717) is 36.1 Å². The molecule has 4 aromatic rings. The molecular weight excluding hydrogens is 609 g/mol. The number of alkyl halides is 1. The quantitative estimate of drug-likeness (QED) is 0.303. The van der Waals surface area contributed by atoms with Crippen LogP contribution in [-0.2, 0) is 0 Å². The normalized spacial score (nSPS) is 29.4. The van der Waals surface area contributed by atoms with Crippen LogP contribution in [0.2, 0.25) is 0 Å². The minimum atomic E-state index is -0.930. The summed E-state index contributed by atoms with van der Waals surface area (Å²) in [5, 5.41) is 15.3. The Morgan fingerprint density at radius 3 is 2.89 bits per heavy atom. The molecule has 242 valence electrons. The molecule has 9 rings (SSSR count). The number of phenolic OH excluding ortho intramolecular Hbond substituents is 1. The molecule has 12 heteroatoms. The van der Waals surface area contributed by atoms with Crippen LogP contribution >= 0.6 is 0 Å². The first-order valence-corrected chi connectivity index (χ1v) is 16.3. The van der Waals surface area contributed by atoms with Gasteiger partial charge in [-0.1, -0.05) is 12.0 Å². The van der Waals surface area contributed by atoms with Gasteiger partial charge >= 0.3 is 6.01 Å². The van der Waals surface area contributed by atoms with E-state index in [1.807, 2.05) is 6.92 Å². The lowest BCUT2D eigenvalue weighted by atomic mass is 9.95. The van der Waals surface area contributed by atoms with Gasteiger partial charge in [0.25, 0.3) is 0 Å². The predicted molar refractivity (Wildman–Crippen MR) is 170 cm³/mol. The molecule has 5 aliphatic heterocycles. The molecule has 6 atom stereocenters. The molecule has 4 fully saturated rings. The molecule has 0 aliphatic carbocycles. The number of ether oxygens (including phenoxy) is 2. The Morgan fingerprint density at radius 1 is 1.17 bits per heavy atom. The van der Waals surface area contributed by atoms with Crippen molar-refractivity contribution in [2.45, 2.75) is 75.0 Å². The molecule has 2 aromatic heterocycles. The van der Waals surface area contributed by atoms with E-state index in [0.717, 1.165) is 32.2 Å². The number of nitrogens with zero attached hydrogens (tertiary/aromatic N) is 5. The Bertz CT molecular complexity index is 2020. The van der Waals surface area contributed by atoms with Crippen LogP contribution in [0.4, 0.5) is 19.0 Å². The first kappa shape index (κ1) is 28.8. The second-order valence-electron chi connectivity index (χ2n) is 13.7. The van der Waals surface area contributed by atoms with E-state index in [2.05, 4.69) is 26.0 Å². The van der Waals surface area contributed by atoms with Crippen molar-refractivity contribution in [3.8, 4) is 41.2 Å². The van der Waals surface area contributed by atoms with Crippen LogP contribution in [0, 0.1) is 24.0 Å². The molecule has 0 radical (unpaired) electrons. The number of benzene rings is 2. The Balaban J connectivity index is 1.26. The molecule has 9 nitrogen and oxygen atoms in total. The number of hydrogen-bond donors (Lipinski definition) is 2. The Morgan fingerprint density at radius 2 is 2.04 bits per heavy atom. The number of terminal acetylenes is 1. The molecule has 2 N–H and O–H groups in total. The first-order valence-electron chi connectivity index (χ1n) is 16.3. The highest BCUT2D eigenvalue weighted by atomic mass is 19.1. The van der Waals surface area contributed by atoms with Crippen LogP contribution in [0.1, 0.15) is 44.6 Å². The highest BCUT2D eigenvalue weighted by Crippen LogP contribution is 2.46. The van der Waals surface area contributed by atoms with Crippen LogP contribution in [0.15, 0.2) is 24.3 Å². The molecule has 0 unspecified atom stereocenters. The Hall–Kier alpha value is -4.34. The summed E-state index contributed by atoms with van der Waals surface area (Å²) >= 11 is 0. The van der Waals surface area contributed by atoms with Crippen molar-refractivity contribution in [3.05, 3.63) is 41.5 Å². The van der Waals surface area contributed by atoms with Crippen LogP contribution < -0.4 is 19.7 Å². The summed E-state index contributed by atoms with van der Waals surface area (Å²) in [5.74, 6) is 1.35. The molecule has 47 heavy (non-hydrogen) atoms. The SMILES string of the molecule is C#Cc1c(F)ccc2cc(O)cc(-c3nc4c5c(nc(OC[C@@]67CCCN6C[C@H](F)C7)nc5c3F)N3C[C@H]5CC[C@H](N5)[C@H]3[C@H](C)O4)c12. The number of nitrogens with one attached hydrogen (secondary N) is 1. The Labute approximate surface area is 269 Å². The lowest BCUT2D eigenvalue weighted by molar-refractivity contribution is 0.107. The summed E-state index contributed by atoms with van der Waals surface area (Å²) in [6.45, 7) is 3.95. The first-order chi connectivity index (χ1) is 22.7. The predicted octanol–water partition coefficient (Wildman–Crippen LogP) is 4.86.